The highest BCUT2D eigenvalue weighted by molar-refractivity contribution is 5.99. The number of aromatic nitrogens is 1. The monoisotopic (exact) mass is 372 g/mol. The summed E-state index contributed by atoms with van der Waals surface area (Å²) in [6, 6.07) is 20.5. The van der Waals surface area contributed by atoms with Crippen molar-refractivity contribution in [2.24, 2.45) is 7.05 Å². The van der Waals surface area contributed by atoms with Crippen LogP contribution in [0.3, 0.4) is 0 Å². The lowest BCUT2D eigenvalue weighted by Crippen LogP contribution is -2.30. The van der Waals surface area contributed by atoms with Crippen LogP contribution in [-0.4, -0.2) is 16.3 Å². The summed E-state index contributed by atoms with van der Waals surface area (Å²) < 4.78 is 7.68. The molecule has 1 N–H and O–H groups in total. The van der Waals surface area contributed by atoms with Gasteiger partial charge in [0.2, 0.25) is 0 Å². The van der Waals surface area contributed by atoms with Crippen molar-refractivity contribution in [3.05, 3.63) is 95.5 Å². The van der Waals surface area contributed by atoms with Crippen LogP contribution in [0.2, 0.25) is 0 Å². The molecule has 1 amide bonds. The number of nitrogens with zero attached hydrogens (tertiary/aromatic N) is 1. The summed E-state index contributed by atoms with van der Waals surface area (Å²) in [5, 5.41) is 4.03. The molecule has 0 aliphatic carbocycles. The molecule has 0 saturated carbocycles. The van der Waals surface area contributed by atoms with Crippen LogP contribution < -0.4 is 5.32 Å². The number of carbonyl (C=O) groups excluding carboxylic acids is 2. The fourth-order valence-corrected chi connectivity index (χ4v) is 3.30. The summed E-state index contributed by atoms with van der Waals surface area (Å²) >= 11 is 0. The Bertz CT molecular complexity index is 1120. The summed E-state index contributed by atoms with van der Waals surface area (Å²) in [5.74, 6) is 0.303. The molecule has 0 fully saturated rings. The zero-order valence-electron chi connectivity index (χ0n) is 15.7. The van der Waals surface area contributed by atoms with Gasteiger partial charge in [0, 0.05) is 24.2 Å². The number of hydrogen-bond donors (Lipinski definition) is 1. The predicted octanol–water partition coefficient (Wildman–Crippen LogP) is 4.49. The summed E-state index contributed by atoms with van der Waals surface area (Å²) in [7, 11) is 1.75. The molecular formula is C23H20N2O3. The lowest BCUT2D eigenvalue weighted by molar-refractivity contribution is 0.0931. The minimum atomic E-state index is -0.447. The van der Waals surface area contributed by atoms with Gasteiger partial charge in [-0.25, -0.2) is 0 Å². The second-order valence-electron chi connectivity index (χ2n) is 6.78. The molecule has 2 aromatic carbocycles. The minimum Gasteiger partial charge on any atom is -0.459 e. The van der Waals surface area contributed by atoms with Crippen molar-refractivity contribution in [1.82, 2.24) is 9.88 Å². The van der Waals surface area contributed by atoms with Gasteiger partial charge in [-0.15, -0.1) is 0 Å². The largest absolute Gasteiger partial charge is 0.459 e. The van der Waals surface area contributed by atoms with E-state index in [0.29, 0.717) is 17.0 Å². The van der Waals surface area contributed by atoms with Gasteiger partial charge in [0.1, 0.15) is 23.1 Å². The van der Waals surface area contributed by atoms with Crippen molar-refractivity contribution < 1.29 is 14.0 Å². The van der Waals surface area contributed by atoms with Gasteiger partial charge in [0.05, 0.1) is 0 Å². The maximum atomic E-state index is 13.0. The standard InChI is InChI=1S/C23H20N2O3/c1-15(26)18-12-19(25(2)14-18)23(27)24-22(16-8-4-3-5-9-16)21-13-17-10-6-7-11-20(17)28-21/h3-14,22H,1-2H3,(H,24,27). The van der Waals surface area contributed by atoms with Crippen LogP contribution in [0.15, 0.2) is 77.3 Å². The number of nitrogens with one attached hydrogen (secondary N) is 1. The molecule has 0 aliphatic rings. The zero-order valence-corrected chi connectivity index (χ0v) is 15.7. The highest BCUT2D eigenvalue weighted by atomic mass is 16.3. The van der Waals surface area contributed by atoms with Gasteiger partial charge in [0.25, 0.3) is 5.91 Å². The molecule has 1 atom stereocenters. The van der Waals surface area contributed by atoms with E-state index in [4.69, 9.17) is 4.42 Å². The van der Waals surface area contributed by atoms with Gasteiger partial charge in [-0.1, -0.05) is 48.5 Å². The number of carbonyl (C=O) groups is 2. The van der Waals surface area contributed by atoms with Crippen molar-refractivity contribution in [2.45, 2.75) is 13.0 Å². The molecule has 0 bridgehead atoms. The number of para-hydroxylation sites is 1. The van der Waals surface area contributed by atoms with E-state index in [1.807, 2.05) is 60.7 Å². The number of aryl methyl sites for hydroxylation is 1. The number of ketones is 1. The second kappa shape index (κ2) is 7.19. The number of fused-ring (bicyclic) bond motifs is 1. The van der Waals surface area contributed by atoms with E-state index < -0.39 is 6.04 Å². The molecule has 5 nitrogen and oxygen atoms in total. The van der Waals surface area contributed by atoms with Crippen molar-refractivity contribution in [3.8, 4) is 0 Å². The lowest BCUT2D eigenvalue weighted by atomic mass is 10.0. The van der Waals surface area contributed by atoms with Crippen LogP contribution in [0, 0.1) is 0 Å². The van der Waals surface area contributed by atoms with E-state index in [2.05, 4.69) is 5.32 Å². The Balaban J connectivity index is 1.72. The van der Waals surface area contributed by atoms with Crippen LogP contribution in [-0.2, 0) is 7.05 Å². The molecule has 4 rings (SSSR count). The molecule has 5 heteroatoms. The van der Waals surface area contributed by atoms with Crippen LogP contribution in [0.25, 0.3) is 11.0 Å². The number of rotatable bonds is 5. The molecule has 2 aromatic heterocycles. The maximum absolute atomic E-state index is 13.0. The Morgan fingerprint density at radius 3 is 2.39 bits per heavy atom. The van der Waals surface area contributed by atoms with Crippen molar-refractivity contribution >= 4 is 22.7 Å². The number of benzene rings is 2. The molecule has 0 saturated heterocycles. The Hall–Kier alpha value is -3.60. The zero-order chi connectivity index (χ0) is 19.7. The van der Waals surface area contributed by atoms with Gasteiger partial charge >= 0.3 is 0 Å². The van der Waals surface area contributed by atoms with E-state index in [0.717, 1.165) is 16.5 Å². The molecule has 4 aromatic rings. The third-order valence-electron chi connectivity index (χ3n) is 4.78. The van der Waals surface area contributed by atoms with Crippen LogP contribution >= 0.6 is 0 Å². The smallest absolute Gasteiger partial charge is 0.268 e. The van der Waals surface area contributed by atoms with Gasteiger partial charge in [-0.3, -0.25) is 9.59 Å². The Labute approximate surface area is 162 Å². The number of Topliss-reactive ketones (excluding diaryl/α,β-unsaturated/α-hetero) is 1. The lowest BCUT2D eigenvalue weighted by Gasteiger charge is -2.17. The second-order valence-corrected chi connectivity index (χ2v) is 6.78. The fourth-order valence-electron chi connectivity index (χ4n) is 3.30. The van der Waals surface area contributed by atoms with Gasteiger partial charge < -0.3 is 14.3 Å². The first-order valence-electron chi connectivity index (χ1n) is 9.04. The third kappa shape index (κ3) is 3.34. The van der Waals surface area contributed by atoms with E-state index in [1.54, 1.807) is 23.9 Å². The molecule has 28 heavy (non-hydrogen) atoms. The quantitative estimate of drug-likeness (QED) is 0.525. The first kappa shape index (κ1) is 17.8. The number of amides is 1. The molecule has 0 spiro atoms. The average molecular weight is 372 g/mol. The molecule has 0 radical (unpaired) electrons. The molecular weight excluding hydrogens is 352 g/mol. The topological polar surface area (TPSA) is 64.2 Å². The van der Waals surface area contributed by atoms with Gasteiger partial charge in [-0.2, -0.15) is 0 Å². The molecule has 140 valence electrons. The summed E-state index contributed by atoms with van der Waals surface area (Å²) in [6.45, 7) is 1.48. The maximum Gasteiger partial charge on any atom is 0.268 e. The molecule has 0 aliphatic heterocycles. The summed E-state index contributed by atoms with van der Waals surface area (Å²) in [4.78, 5) is 24.6. The fraction of sp³-hybridized carbons (Fsp3) is 0.130. The predicted molar refractivity (Wildman–Crippen MR) is 107 cm³/mol. The summed E-state index contributed by atoms with van der Waals surface area (Å²) in [5.41, 5.74) is 2.61. The first-order valence-corrected chi connectivity index (χ1v) is 9.04. The van der Waals surface area contributed by atoms with Crippen molar-refractivity contribution in [2.75, 3.05) is 0 Å². The van der Waals surface area contributed by atoms with Crippen molar-refractivity contribution in [1.29, 1.82) is 0 Å². The Kier molecular flexibility index (Phi) is 4.57. The Morgan fingerprint density at radius 2 is 1.71 bits per heavy atom. The van der Waals surface area contributed by atoms with Crippen LogP contribution in [0.1, 0.15) is 45.1 Å². The van der Waals surface area contributed by atoms with Crippen LogP contribution in [0.4, 0.5) is 0 Å². The van der Waals surface area contributed by atoms with E-state index >= 15 is 0 Å². The Morgan fingerprint density at radius 1 is 1.00 bits per heavy atom. The van der Waals surface area contributed by atoms with Crippen LogP contribution in [0.5, 0.6) is 0 Å². The SMILES string of the molecule is CC(=O)c1cc(C(=O)NC(c2ccccc2)c2cc3ccccc3o2)n(C)c1. The van der Waals surface area contributed by atoms with Crippen molar-refractivity contribution in [3.63, 3.8) is 0 Å². The van der Waals surface area contributed by atoms with Gasteiger partial charge in [-0.05, 0) is 30.7 Å². The number of hydrogen-bond acceptors (Lipinski definition) is 3. The van der Waals surface area contributed by atoms with Gasteiger partial charge in [0.15, 0.2) is 5.78 Å². The minimum absolute atomic E-state index is 0.0773. The van der Waals surface area contributed by atoms with E-state index in [1.165, 1.54) is 6.92 Å². The average Bonchev–Trinajstić information content (AvgIpc) is 3.30. The number of furan rings is 1. The molecule has 1 unspecified atom stereocenters. The highest BCUT2D eigenvalue weighted by Crippen LogP contribution is 2.28. The summed E-state index contributed by atoms with van der Waals surface area (Å²) in [6.07, 6.45) is 1.66. The van der Waals surface area contributed by atoms with E-state index in [9.17, 15) is 9.59 Å². The highest BCUT2D eigenvalue weighted by Gasteiger charge is 2.23. The normalized spacial score (nSPS) is 12.1. The van der Waals surface area contributed by atoms with E-state index in [-0.39, 0.29) is 11.7 Å². The third-order valence-corrected chi connectivity index (χ3v) is 4.78. The first-order chi connectivity index (χ1) is 13.5. The molecule has 2 heterocycles.